The van der Waals surface area contributed by atoms with Gasteiger partial charge < -0.3 is 9.84 Å². The number of aliphatic hydroxyl groups excluding tert-OH is 1. The molecule has 1 rings (SSSR count). The monoisotopic (exact) mass is 266 g/mol. The molecule has 1 aromatic rings. The standard InChI is InChI=1S/C15H26N2O2/c1-5-6-7-17(8-9-18)11-14-13(3)15(19-4)12(2)10-16-14/h10,18H,5-9,11H2,1-4H3. The summed E-state index contributed by atoms with van der Waals surface area (Å²) in [6, 6.07) is 0. The first-order valence-electron chi connectivity index (χ1n) is 6.96. The summed E-state index contributed by atoms with van der Waals surface area (Å²) in [5.74, 6) is 0.921. The number of rotatable bonds is 8. The predicted molar refractivity (Wildman–Crippen MR) is 77.5 cm³/mol. The molecular formula is C15H26N2O2. The first-order chi connectivity index (χ1) is 9.13. The minimum atomic E-state index is 0.186. The van der Waals surface area contributed by atoms with Gasteiger partial charge in [-0.15, -0.1) is 0 Å². The fourth-order valence-corrected chi connectivity index (χ4v) is 2.24. The molecule has 0 saturated carbocycles. The zero-order chi connectivity index (χ0) is 14.3. The second-order valence-electron chi connectivity index (χ2n) is 4.90. The molecule has 0 bridgehead atoms. The molecule has 4 nitrogen and oxygen atoms in total. The van der Waals surface area contributed by atoms with Crippen LogP contribution in [0.5, 0.6) is 5.75 Å². The molecule has 0 fully saturated rings. The van der Waals surface area contributed by atoms with Gasteiger partial charge in [-0.05, 0) is 26.8 Å². The average molecular weight is 266 g/mol. The SMILES string of the molecule is CCCCN(CCO)Cc1ncc(C)c(OC)c1C. The molecule has 1 heterocycles. The number of ether oxygens (including phenoxy) is 1. The minimum Gasteiger partial charge on any atom is -0.496 e. The summed E-state index contributed by atoms with van der Waals surface area (Å²) in [7, 11) is 1.70. The number of hydrogen-bond donors (Lipinski definition) is 1. The Balaban J connectivity index is 2.83. The van der Waals surface area contributed by atoms with Gasteiger partial charge in [0.1, 0.15) is 5.75 Å². The molecule has 0 radical (unpaired) electrons. The van der Waals surface area contributed by atoms with E-state index in [-0.39, 0.29) is 6.61 Å². The molecule has 0 saturated heterocycles. The Morgan fingerprint density at radius 3 is 2.63 bits per heavy atom. The lowest BCUT2D eigenvalue weighted by molar-refractivity contribution is 0.186. The molecule has 0 unspecified atom stereocenters. The van der Waals surface area contributed by atoms with E-state index >= 15 is 0 Å². The highest BCUT2D eigenvalue weighted by Gasteiger charge is 2.12. The van der Waals surface area contributed by atoms with Crippen molar-refractivity contribution >= 4 is 0 Å². The molecule has 4 heteroatoms. The maximum absolute atomic E-state index is 9.14. The molecular weight excluding hydrogens is 240 g/mol. The van der Waals surface area contributed by atoms with Crippen LogP contribution >= 0.6 is 0 Å². The van der Waals surface area contributed by atoms with Crippen molar-refractivity contribution in [1.82, 2.24) is 9.88 Å². The summed E-state index contributed by atoms with van der Waals surface area (Å²) in [5, 5.41) is 9.14. The van der Waals surface area contributed by atoms with E-state index in [1.54, 1.807) is 7.11 Å². The number of hydrogen-bond acceptors (Lipinski definition) is 4. The van der Waals surface area contributed by atoms with Gasteiger partial charge in [0.05, 0.1) is 19.4 Å². The molecule has 108 valence electrons. The van der Waals surface area contributed by atoms with Crippen LogP contribution < -0.4 is 4.74 Å². The molecule has 19 heavy (non-hydrogen) atoms. The summed E-state index contributed by atoms with van der Waals surface area (Å²) in [6.07, 6.45) is 4.16. The van der Waals surface area contributed by atoms with Gasteiger partial charge in [-0.1, -0.05) is 13.3 Å². The van der Waals surface area contributed by atoms with Crippen LogP contribution in [0.2, 0.25) is 0 Å². The zero-order valence-electron chi connectivity index (χ0n) is 12.6. The van der Waals surface area contributed by atoms with E-state index in [1.807, 2.05) is 20.0 Å². The molecule has 0 aliphatic heterocycles. The quantitative estimate of drug-likeness (QED) is 0.784. The normalized spacial score (nSPS) is 11.1. The summed E-state index contributed by atoms with van der Waals surface area (Å²) in [4.78, 5) is 6.76. The van der Waals surface area contributed by atoms with E-state index in [1.165, 1.54) is 0 Å². The molecule has 0 aromatic carbocycles. The Bertz CT molecular complexity index is 394. The average Bonchev–Trinajstić information content (AvgIpc) is 2.40. The highest BCUT2D eigenvalue weighted by molar-refractivity contribution is 5.40. The van der Waals surface area contributed by atoms with Gasteiger partial charge in [0.2, 0.25) is 0 Å². The number of aryl methyl sites for hydroxylation is 1. The third kappa shape index (κ3) is 4.48. The van der Waals surface area contributed by atoms with E-state index in [4.69, 9.17) is 9.84 Å². The number of unbranched alkanes of at least 4 members (excludes halogenated alkanes) is 1. The van der Waals surface area contributed by atoms with Gasteiger partial charge in [0.25, 0.3) is 0 Å². The smallest absolute Gasteiger partial charge is 0.128 e. The van der Waals surface area contributed by atoms with Gasteiger partial charge >= 0.3 is 0 Å². The van der Waals surface area contributed by atoms with E-state index in [0.717, 1.165) is 48.5 Å². The molecule has 0 aliphatic rings. The first kappa shape index (κ1) is 15.9. The number of aliphatic hydroxyl groups is 1. The summed E-state index contributed by atoms with van der Waals surface area (Å²) < 4.78 is 5.43. The largest absolute Gasteiger partial charge is 0.496 e. The van der Waals surface area contributed by atoms with Crippen molar-refractivity contribution in [2.45, 2.75) is 40.2 Å². The van der Waals surface area contributed by atoms with E-state index in [9.17, 15) is 0 Å². The fraction of sp³-hybridized carbons (Fsp3) is 0.667. The molecule has 0 spiro atoms. The zero-order valence-corrected chi connectivity index (χ0v) is 12.6. The molecule has 0 aliphatic carbocycles. The predicted octanol–water partition coefficient (Wildman–Crippen LogP) is 2.30. The van der Waals surface area contributed by atoms with Crippen LogP contribution in [-0.2, 0) is 6.54 Å². The lowest BCUT2D eigenvalue weighted by atomic mass is 10.1. The Hall–Kier alpha value is -1.13. The van der Waals surface area contributed by atoms with Gasteiger partial charge in [-0.25, -0.2) is 0 Å². The molecule has 1 aromatic heterocycles. The van der Waals surface area contributed by atoms with Crippen molar-refractivity contribution < 1.29 is 9.84 Å². The minimum absolute atomic E-state index is 0.186. The Morgan fingerprint density at radius 1 is 1.32 bits per heavy atom. The van der Waals surface area contributed by atoms with E-state index in [2.05, 4.69) is 16.8 Å². The number of nitrogens with zero attached hydrogens (tertiary/aromatic N) is 2. The van der Waals surface area contributed by atoms with Crippen LogP contribution in [0.4, 0.5) is 0 Å². The maximum atomic E-state index is 9.14. The first-order valence-corrected chi connectivity index (χ1v) is 6.96. The third-order valence-corrected chi connectivity index (χ3v) is 3.37. The van der Waals surface area contributed by atoms with Crippen molar-refractivity contribution in [2.24, 2.45) is 0 Å². The lowest BCUT2D eigenvalue weighted by Crippen LogP contribution is -2.28. The number of pyridine rings is 1. The summed E-state index contributed by atoms with van der Waals surface area (Å²) in [5.41, 5.74) is 3.19. The molecule has 0 amide bonds. The van der Waals surface area contributed by atoms with Crippen LogP contribution in [-0.4, -0.2) is 41.8 Å². The van der Waals surface area contributed by atoms with E-state index in [0.29, 0.717) is 6.54 Å². The van der Waals surface area contributed by atoms with Gasteiger partial charge in [0, 0.05) is 30.4 Å². The van der Waals surface area contributed by atoms with Crippen LogP contribution in [0.15, 0.2) is 6.20 Å². The topological polar surface area (TPSA) is 45.6 Å². The fourth-order valence-electron chi connectivity index (χ4n) is 2.24. The van der Waals surface area contributed by atoms with Gasteiger partial charge in [-0.3, -0.25) is 9.88 Å². The Morgan fingerprint density at radius 2 is 2.05 bits per heavy atom. The Kier molecular flexibility index (Phi) is 6.81. The lowest BCUT2D eigenvalue weighted by Gasteiger charge is -2.22. The van der Waals surface area contributed by atoms with E-state index < -0.39 is 0 Å². The van der Waals surface area contributed by atoms with Crippen LogP contribution in [0, 0.1) is 13.8 Å². The second kappa shape index (κ2) is 8.12. The number of methoxy groups -OCH3 is 1. The van der Waals surface area contributed by atoms with Gasteiger partial charge in [-0.2, -0.15) is 0 Å². The summed E-state index contributed by atoms with van der Waals surface area (Å²) in [6.45, 7) is 8.87. The maximum Gasteiger partial charge on any atom is 0.128 e. The highest BCUT2D eigenvalue weighted by atomic mass is 16.5. The molecule has 0 atom stereocenters. The van der Waals surface area contributed by atoms with Crippen LogP contribution in [0.25, 0.3) is 0 Å². The molecule has 1 N–H and O–H groups in total. The highest BCUT2D eigenvalue weighted by Crippen LogP contribution is 2.24. The number of aromatic nitrogens is 1. The van der Waals surface area contributed by atoms with Crippen LogP contribution in [0.3, 0.4) is 0 Å². The second-order valence-corrected chi connectivity index (χ2v) is 4.90. The Labute approximate surface area is 116 Å². The van der Waals surface area contributed by atoms with Crippen molar-refractivity contribution in [3.05, 3.63) is 23.0 Å². The third-order valence-electron chi connectivity index (χ3n) is 3.37. The van der Waals surface area contributed by atoms with Crippen LogP contribution in [0.1, 0.15) is 36.6 Å². The van der Waals surface area contributed by atoms with Crippen molar-refractivity contribution in [3.63, 3.8) is 0 Å². The van der Waals surface area contributed by atoms with Crippen molar-refractivity contribution in [3.8, 4) is 5.75 Å². The van der Waals surface area contributed by atoms with Crippen molar-refractivity contribution in [1.29, 1.82) is 0 Å². The summed E-state index contributed by atoms with van der Waals surface area (Å²) >= 11 is 0. The van der Waals surface area contributed by atoms with Gasteiger partial charge in [0.15, 0.2) is 0 Å². The van der Waals surface area contributed by atoms with Crippen molar-refractivity contribution in [2.75, 3.05) is 26.8 Å².